The van der Waals surface area contributed by atoms with Crippen molar-refractivity contribution < 1.29 is 27.9 Å². The van der Waals surface area contributed by atoms with Gasteiger partial charge in [-0.05, 0) is 24.3 Å². The summed E-state index contributed by atoms with van der Waals surface area (Å²) in [5, 5.41) is 0.659. The Bertz CT molecular complexity index is 1350. The van der Waals surface area contributed by atoms with E-state index in [0.717, 1.165) is 14.2 Å². The first-order valence-electron chi connectivity index (χ1n) is 8.50. The number of nitrogens with zero attached hydrogens (tertiary/aromatic N) is 1. The highest BCUT2D eigenvalue weighted by Gasteiger charge is 2.33. The second-order valence-electron chi connectivity index (χ2n) is 6.13. The molecule has 146 valence electrons. The fourth-order valence-corrected chi connectivity index (χ4v) is 3.36. The smallest absolute Gasteiger partial charge is 0.356 e. The van der Waals surface area contributed by atoms with Crippen LogP contribution >= 0.6 is 0 Å². The Balaban J connectivity index is 2.33. The molecule has 2 heterocycles. The molecule has 0 spiro atoms. The van der Waals surface area contributed by atoms with Crippen LogP contribution in [0.3, 0.4) is 0 Å². The lowest BCUT2D eigenvalue weighted by Gasteiger charge is -2.11. The van der Waals surface area contributed by atoms with Gasteiger partial charge in [-0.25, -0.2) is 18.8 Å². The normalized spacial score (nSPS) is 11.0. The predicted octanol–water partition coefficient (Wildman–Crippen LogP) is 3.45. The third-order valence-electron chi connectivity index (χ3n) is 4.56. The van der Waals surface area contributed by atoms with Gasteiger partial charge in [-0.2, -0.15) is 0 Å². The van der Waals surface area contributed by atoms with Crippen LogP contribution in [-0.2, 0) is 9.47 Å². The van der Waals surface area contributed by atoms with E-state index in [4.69, 9.17) is 13.9 Å². The predicted molar refractivity (Wildman–Crippen MR) is 102 cm³/mol. The molecular weight excluding hydrogens is 381 g/mol. The van der Waals surface area contributed by atoms with Crippen LogP contribution in [0.15, 0.2) is 57.7 Å². The number of carbonyl (C=O) groups excluding carboxylic acids is 2. The zero-order valence-electron chi connectivity index (χ0n) is 15.4. The number of rotatable bonds is 3. The number of hydrogen-bond acceptors (Lipinski definition) is 6. The summed E-state index contributed by atoms with van der Waals surface area (Å²) in [6.07, 6.45) is 0. The summed E-state index contributed by atoms with van der Waals surface area (Å²) in [4.78, 5) is 37.7. The molecule has 7 nitrogen and oxygen atoms in total. The standard InChI is InChI=1S/C21H14FNO6/c1-27-20(25)15-17(21(26)28-2)23(12-7-5-6-11(22)10-12)16-13-8-3-4-9-14(13)19(24)29-18(15)16/h3-10H,1-2H3. The molecule has 0 atom stereocenters. The maximum absolute atomic E-state index is 14.0. The van der Waals surface area contributed by atoms with Gasteiger partial charge in [0.25, 0.3) is 0 Å². The Morgan fingerprint density at radius 1 is 0.966 bits per heavy atom. The van der Waals surface area contributed by atoms with E-state index in [1.807, 2.05) is 0 Å². The quantitative estimate of drug-likeness (QED) is 0.494. The lowest BCUT2D eigenvalue weighted by atomic mass is 10.1. The number of aromatic nitrogens is 1. The molecular formula is C21H14FNO6. The van der Waals surface area contributed by atoms with Gasteiger partial charge in [-0.15, -0.1) is 0 Å². The molecule has 0 aliphatic heterocycles. The van der Waals surface area contributed by atoms with Gasteiger partial charge in [0.1, 0.15) is 11.4 Å². The number of fused-ring (bicyclic) bond motifs is 3. The molecule has 0 unspecified atom stereocenters. The van der Waals surface area contributed by atoms with Crippen molar-refractivity contribution in [3.63, 3.8) is 0 Å². The van der Waals surface area contributed by atoms with Crippen molar-refractivity contribution >= 4 is 33.8 Å². The summed E-state index contributed by atoms with van der Waals surface area (Å²) in [5.41, 5.74) is -0.867. The van der Waals surface area contributed by atoms with Crippen LogP contribution in [0, 0.1) is 5.82 Å². The maximum Gasteiger partial charge on any atom is 0.356 e. The van der Waals surface area contributed by atoms with Gasteiger partial charge in [0.2, 0.25) is 0 Å². The van der Waals surface area contributed by atoms with Crippen LogP contribution in [0.1, 0.15) is 20.8 Å². The van der Waals surface area contributed by atoms with Crippen LogP contribution in [0.2, 0.25) is 0 Å². The molecule has 29 heavy (non-hydrogen) atoms. The second-order valence-corrected chi connectivity index (χ2v) is 6.13. The summed E-state index contributed by atoms with van der Waals surface area (Å²) < 4.78 is 30.4. The number of carbonyl (C=O) groups is 2. The average Bonchev–Trinajstić information content (AvgIpc) is 3.08. The van der Waals surface area contributed by atoms with Gasteiger partial charge in [-0.3, -0.25) is 4.57 Å². The Morgan fingerprint density at radius 3 is 2.31 bits per heavy atom. The molecule has 0 fully saturated rings. The largest absolute Gasteiger partial charge is 0.465 e. The monoisotopic (exact) mass is 395 g/mol. The second kappa shape index (κ2) is 6.90. The van der Waals surface area contributed by atoms with Crippen molar-refractivity contribution in [1.29, 1.82) is 0 Å². The highest BCUT2D eigenvalue weighted by Crippen LogP contribution is 2.34. The van der Waals surface area contributed by atoms with Crippen LogP contribution < -0.4 is 5.63 Å². The average molecular weight is 395 g/mol. The van der Waals surface area contributed by atoms with Crippen LogP contribution in [0.4, 0.5) is 4.39 Å². The van der Waals surface area contributed by atoms with E-state index in [2.05, 4.69) is 0 Å². The number of halogens is 1. The van der Waals surface area contributed by atoms with E-state index < -0.39 is 23.4 Å². The first-order valence-corrected chi connectivity index (χ1v) is 8.50. The van der Waals surface area contributed by atoms with E-state index in [1.165, 1.54) is 22.8 Å². The molecule has 0 amide bonds. The summed E-state index contributed by atoms with van der Waals surface area (Å²) in [7, 11) is 2.28. The Hall–Kier alpha value is -3.94. The van der Waals surface area contributed by atoms with Gasteiger partial charge in [0, 0.05) is 11.1 Å². The SMILES string of the molecule is COC(=O)c1c(C(=O)OC)n(-c2cccc(F)c2)c2c1oc(=O)c1ccccc12. The zero-order chi connectivity index (χ0) is 20.7. The lowest BCUT2D eigenvalue weighted by molar-refractivity contribution is 0.0550. The van der Waals surface area contributed by atoms with Crippen LogP contribution in [0.25, 0.3) is 27.6 Å². The number of ether oxygens (including phenoxy) is 2. The summed E-state index contributed by atoms with van der Waals surface area (Å²) in [6.45, 7) is 0. The van der Waals surface area contributed by atoms with Crippen molar-refractivity contribution in [3.8, 4) is 5.69 Å². The molecule has 0 aliphatic rings. The molecule has 8 heteroatoms. The third kappa shape index (κ3) is 2.77. The lowest BCUT2D eigenvalue weighted by Crippen LogP contribution is -2.15. The van der Waals surface area contributed by atoms with Crippen molar-refractivity contribution in [2.75, 3.05) is 14.2 Å². The van der Waals surface area contributed by atoms with Gasteiger partial charge < -0.3 is 13.9 Å². The zero-order valence-corrected chi connectivity index (χ0v) is 15.4. The molecule has 4 rings (SSSR count). The molecule has 0 bridgehead atoms. The first kappa shape index (κ1) is 18.4. The molecule has 4 aromatic rings. The molecule has 2 aromatic carbocycles. The van der Waals surface area contributed by atoms with E-state index in [9.17, 15) is 18.8 Å². The Labute approximate surface area is 162 Å². The van der Waals surface area contributed by atoms with Crippen molar-refractivity contribution in [2.24, 2.45) is 0 Å². The van der Waals surface area contributed by atoms with E-state index in [1.54, 1.807) is 30.3 Å². The number of esters is 2. The molecule has 0 aliphatic carbocycles. The summed E-state index contributed by atoms with van der Waals surface area (Å²) >= 11 is 0. The summed E-state index contributed by atoms with van der Waals surface area (Å²) in [5.74, 6) is -2.33. The van der Waals surface area contributed by atoms with E-state index >= 15 is 0 Å². The van der Waals surface area contributed by atoms with Crippen molar-refractivity contribution in [3.05, 3.63) is 76.0 Å². The summed E-state index contributed by atoms with van der Waals surface area (Å²) in [6, 6.07) is 12.0. The first-order chi connectivity index (χ1) is 14.0. The van der Waals surface area contributed by atoms with Crippen LogP contribution in [-0.4, -0.2) is 30.7 Å². The highest BCUT2D eigenvalue weighted by molar-refractivity contribution is 6.17. The van der Waals surface area contributed by atoms with Crippen molar-refractivity contribution in [1.82, 2.24) is 4.57 Å². The molecule has 0 saturated carbocycles. The highest BCUT2D eigenvalue weighted by atomic mass is 19.1. The minimum Gasteiger partial charge on any atom is -0.465 e. The van der Waals surface area contributed by atoms with E-state index in [0.29, 0.717) is 5.39 Å². The molecule has 2 aromatic heterocycles. The van der Waals surface area contributed by atoms with Gasteiger partial charge in [-0.1, -0.05) is 24.3 Å². The molecule has 0 saturated heterocycles. The van der Waals surface area contributed by atoms with Gasteiger partial charge in [0.05, 0.1) is 25.1 Å². The Morgan fingerprint density at radius 2 is 1.66 bits per heavy atom. The minimum absolute atomic E-state index is 0.148. The third-order valence-corrected chi connectivity index (χ3v) is 4.56. The van der Waals surface area contributed by atoms with Gasteiger partial charge in [0.15, 0.2) is 11.3 Å². The van der Waals surface area contributed by atoms with E-state index in [-0.39, 0.29) is 33.4 Å². The minimum atomic E-state index is -0.899. The molecule has 0 N–H and O–H groups in total. The Kier molecular flexibility index (Phi) is 4.38. The topological polar surface area (TPSA) is 87.7 Å². The van der Waals surface area contributed by atoms with Gasteiger partial charge >= 0.3 is 17.6 Å². The van der Waals surface area contributed by atoms with Crippen molar-refractivity contribution in [2.45, 2.75) is 0 Å². The number of hydrogen-bond donors (Lipinski definition) is 0. The number of benzene rings is 2. The molecule has 0 radical (unpaired) electrons. The van der Waals surface area contributed by atoms with Crippen LogP contribution in [0.5, 0.6) is 0 Å². The number of methoxy groups -OCH3 is 2. The fourth-order valence-electron chi connectivity index (χ4n) is 3.36. The maximum atomic E-state index is 14.0. The fraction of sp³-hybridized carbons (Fsp3) is 0.0952.